The third kappa shape index (κ3) is 2.65. The van der Waals surface area contributed by atoms with Gasteiger partial charge in [0.05, 0.1) is 11.3 Å². The third-order valence-corrected chi connectivity index (χ3v) is 5.63. The summed E-state index contributed by atoms with van der Waals surface area (Å²) in [6.07, 6.45) is 4.56. The Hall–Kier alpha value is -1.20. The number of benzene rings is 1. The van der Waals surface area contributed by atoms with Gasteiger partial charge in [0.25, 0.3) is 5.91 Å². The zero-order valence-electron chi connectivity index (χ0n) is 11.2. The summed E-state index contributed by atoms with van der Waals surface area (Å²) in [6, 6.07) is 5.69. The lowest BCUT2D eigenvalue weighted by atomic mass is 10.0. The van der Waals surface area contributed by atoms with E-state index in [1.165, 1.54) is 23.4 Å². The second-order valence-corrected chi connectivity index (χ2v) is 6.86. The van der Waals surface area contributed by atoms with Crippen molar-refractivity contribution < 1.29 is 4.79 Å². The molecule has 1 aliphatic rings. The largest absolute Gasteiger partial charge is 0.298 e. The third-order valence-electron chi connectivity index (χ3n) is 3.50. The van der Waals surface area contributed by atoms with Crippen LogP contribution in [0.1, 0.15) is 39.3 Å². The molecule has 1 aromatic carbocycles. The van der Waals surface area contributed by atoms with E-state index in [9.17, 15) is 4.79 Å². The molecule has 1 amide bonds. The van der Waals surface area contributed by atoms with Crippen molar-refractivity contribution in [2.45, 2.75) is 32.6 Å². The van der Waals surface area contributed by atoms with Crippen LogP contribution in [0, 0.1) is 6.92 Å². The molecule has 0 aliphatic heterocycles. The molecule has 3 nitrogen and oxygen atoms in total. The molecule has 0 unspecified atom stereocenters. The number of hydrogen-bond donors (Lipinski definition) is 1. The van der Waals surface area contributed by atoms with Crippen LogP contribution in [0.4, 0.5) is 5.13 Å². The fourth-order valence-corrected chi connectivity index (χ4v) is 3.88. The molecular weight excluding hydrogens is 336 g/mol. The standard InChI is InChI=1S/C15H15BrN2OS/c1-9-5-4-6-10(13(9)16)14(19)18-15-17-11-7-2-3-8-12(11)20-15/h4-6H,2-3,7-8H2,1H3,(H,17,18,19). The number of halogens is 1. The number of anilines is 1. The number of amides is 1. The summed E-state index contributed by atoms with van der Waals surface area (Å²) in [5.74, 6) is -0.105. The first-order valence-corrected chi connectivity index (χ1v) is 8.31. The van der Waals surface area contributed by atoms with Crippen LogP contribution in [0.5, 0.6) is 0 Å². The van der Waals surface area contributed by atoms with Gasteiger partial charge in [-0.1, -0.05) is 12.1 Å². The Bertz CT molecular complexity index is 642. The Morgan fingerprint density at radius 1 is 1.35 bits per heavy atom. The Balaban J connectivity index is 1.82. The molecule has 0 saturated heterocycles. The molecule has 1 aliphatic carbocycles. The van der Waals surface area contributed by atoms with Crippen molar-refractivity contribution in [1.82, 2.24) is 4.98 Å². The summed E-state index contributed by atoms with van der Waals surface area (Å²) < 4.78 is 0.846. The van der Waals surface area contributed by atoms with Gasteiger partial charge in [-0.15, -0.1) is 11.3 Å². The maximum Gasteiger partial charge on any atom is 0.258 e. The van der Waals surface area contributed by atoms with Crippen LogP contribution < -0.4 is 5.32 Å². The number of rotatable bonds is 2. The van der Waals surface area contributed by atoms with Crippen LogP contribution in [-0.4, -0.2) is 10.9 Å². The lowest BCUT2D eigenvalue weighted by molar-refractivity contribution is 0.102. The molecule has 1 N–H and O–H groups in total. The van der Waals surface area contributed by atoms with Crippen molar-refractivity contribution in [2.75, 3.05) is 5.32 Å². The minimum atomic E-state index is -0.105. The van der Waals surface area contributed by atoms with Gasteiger partial charge in [-0.3, -0.25) is 10.1 Å². The van der Waals surface area contributed by atoms with E-state index in [4.69, 9.17) is 0 Å². The number of thiazole rings is 1. The first kappa shape index (κ1) is 13.8. The molecule has 5 heteroatoms. The van der Waals surface area contributed by atoms with E-state index in [1.54, 1.807) is 11.3 Å². The Kier molecular flexibility index (Phi) is 3.89. The van der Waals surface area contributed by atoms with E-state index in [2.05, 4.69) is 26.2 Å². The Labute approximate surface area is 130 Å². The van der Waals surface area contributed by atoms with E-state index in [1.807, 2.05) is 25.1 Å². The summed E-state index contributed by atoms with van der Waals surface area (Å²) in [4.78, 5) is 18.2. The number of carbonyl (C=O) groups excluding carboxylic acids is 1. The predicted molar refractivity (Wildman–Crippen MR) is 85.6 cm³/mol. The number of aromatic nitrogens is 1. The SMILES string of the molecule is Cc1cccc(C(=O)Nc2nc3c(s2)CCCC3)c1Br. The molecule has 0 radical (unpaired) electrons. The van der Waals surface area contributed by atoms with E-state index in [0.29, 0.717) is 5.56 Å². The number of fused-ring (bicyclic) bond motifs is 1. The van der Waals surface area contributed by atoms with Crippen molar-refractivity contribution in [3.8, 4) is 0 Å². The van der Waals surface area contributed by atoms with Crippen molar-refractivity contribution in [3.05, 3.63) is 44.4 Å². The van der Waals surface area contributed by atoms with Crippen molar-refractivity contribution in [2.24, 2.45) is 0 Å². The first-order valence-electron chi connectivity index (χ1n) is 6.70. The summed E-state index contributed by atoms with van der Waals surface area (Å²) in [5.41, 5.74) is 2.87. The summed E-state index contributed by atoms with van der Waals surface area (Å²) >= 11 is 5.08. The normalized spacial score (nSPS) is 13.9. The predicted octanol–water partition coefficient (Wildman–Crippen LogP) is 4.35. The molecule has 1 aromatic heterocycles. The van der Waals surface area contributed by atoms with Gasteiger partial charge in [0.1, 0.15) is 0 Å². The van der Waals surface area contributed by atoms with E-state index in [0.717, 1.165) is 28.0 Å². The second-order valence-electron chi connectivity index (χ2n) is 4.99. The zero-order valence-corrected chi connectivity index (χ0v) is 13.6. The fourth-order valence-electron chi connectivity index (χ4n) is 2.39. The van der Waals surface area contributed by atoms with Gasteiger partial charge in [-0.25, -0.2) is 4.98 Å². The molecule has 3 rings (SSSR count). The highest BCUT2D eigenvalue weighted by Gasteiger charge is 2.18. The summed E-state index contributed by atoms with van der Waals surface area (Å²) in [5, 5.41) is 3.64. The van der Waals surface area contributed by atoms with Crippen LogP contribution in [0.25, 0.3) is 0 Å². The first-order chi connectivity index (χ1) is 9.65. The second kappa shape index (κ2) is 5.66. The number of nitrogens with zero attached hydrogens (tertiary/aromatic N) is 1. The van der Waals surface area contributed by atoms with E-state index >= 15 is 0 Å². The van der Waals surface area contributed by atoms with Crippen molar-refractivity contribution >= 4 is 38.3 Å². The topological polar surface area (TPSA) is 42.0 Å². The monoisotopic (exact) mass is 350 g/mol. The summed E-state index contributed by atoms with van der Waals surface area (Å²) in [6.45, 7) is 1.98. The number of hydrogen-bond acceptors (Lipinski definition) is 3. The van der Waals surface area contributed by atoms with Gasteiger partial charge < -0.3 is 0 Å². The van der Waals surface area contributed by atoms with Gasteiger partial charge in [-0.05, 0) is 60.2 Å². The molecular formula is C15H15BrN2OS. The Morgan fingerprint density at radius 2 is 2.15 bits per heavy atom. The van der Waals surface area contributed by atoms with Gasteiger partial charge >= 0.3 is 0 Å². The minimum Gasteiger partial charge on any atom is -0.298 e. The molecule has 0 saturated carbocycles. The average molecular weight is 351 g/mol. The highest BCUT2D eigenvalue weighted by Crippen LogP contribution is 2.30. The molecule has 1 heterocycles. The van der Waals surface area contributed by atoms with Gasteiger partial charge in [0.2, 0.25) is 0 Å². The van der Waals surface area contributed by atoms with E-state index < -0.39 is 0 Å². The fraction of sp³-hybridized carbons (Fsp3) is 0.333. The molecule has 20 heavy (non-hydrogen) atoms. The number of carbonyl (C=O) groups is 1. The highest BCUT2D eigenvalue weighted by molar-refractivity contribution is 9.10. The van der Waals surface area contributed by atoms with Crippen molar-refractivity contribution in [3.63, 3.8) is 0 Å². The Morgan fingerprint density at radius 3 is 2.95 bits per heavy atom. The summed E-state index contributed by atoms with van der Waals surface area (Å²) in [7, 11) is 0. The lowest BCUT2D eigenvalue weighted by Gasteiger charge is -2.06. The van der Waals surface area contributed by atoms with Crippen molar-refractivity contribution in [1.29, 1.82) is 0 Å². The van der Waals surface area contributed by atoms with Gasteiger partial charge in [-0.2, -0.15) is 0 Å². The average Bonchev–Trinajstić information content (AvgIpc) is 2.83. The van der Waals surface area contributed by atoms with Crippen LogP contribution in [0.2, 0.25) is 0 Å². The van der Waals surface area contributed by atoms with Crippen LogP contribution in [-0.2, 0) is 12.8 Å². The minimum absolute atomic E-state index is 0.105. The van der Waals surface area contributed by atoms with Crippen LogP contribution >= 0.6 is 27.3 Å². The van der Waals surface area contributed by atoms with Crippen LogP contribution in [0.15, 0.2) is 22.7 Å². The quantitative estimate of drug-likeness (QED) is 0.874. The van der Waals surface area contributed by atoms with Gasteiger partial charge in [0, 0.05) is 9.35 Å². The van der Waals surface area contributed by atoms with E-state index in [-0.39, 0.29) is 5.91 Å². The molecule has 2 aromatic rings. The van der Waals surface area contributed by atoms with Gasteiger partial charge in [0.15, 0.2) is 5.13 Å². The lowest BCUT2D eigenvalue weighted by Crippen LogP contribution is -2.12. The molecule has 0 spiro atoms. The highest BCUT2D eigenvalue weighted by atomic mass is 79.9. The molecule has 0 fully saturated rings. The zero-order chi connectivity index (χ0) is 14.1. The van der Waals surface area contributed by atoms with Crippen LogP contribution in [0.3, 0.4) is 0 Å². The molecule has 0 bridgehead atoms. The number of aryl methyl sites for hydroxylation is 3. The molecule has 0 atom stereocenters. The maximum absolute atomic E-state index is 12.3. The maximum atomic E-state index is 12.3. The smallest absolute Gasteiger partial charge is 0.258 e. The number of nitrogens with one attached hydrogen (secondary N) is 1. The molecule has 104 valence electrons.